The van der Waals surface area contributed by atoms with E-state index in [1.165, 1.54) is 34.8 Å². The molecule has 0 aliphatic rings. The lowest BCUT2D eigenvalue weighted by atomic mass is 9.93. The van der Waals surface area contributed by atoms with Gasteiger partial charge in [0.1, 0.15) is 5.60 Å². The third-order valence-electron chi connectivity index (χ3n) is 3.64. The van der Waals surface area contributed by atoms with Crippen LogP contribution < -0.4 is 5.32 Å². The Bertz CT molecular complexity index is 465. The summed E-state index contributed by atoms with van der Waals surface area (Å²) >= 11 is 2.32. The van der Waals surface area contributed by atoms with E-state index >= 15 is 0 Å². The molecule has 0 bridgehead atoms. The predicted molar refractivity (Wildman–Crippen MR) is 105 cm³/mol. The predicted octanol–water partition coefficient (Wildman–Crippen LogP) is 5.87. The molecule has 130 valence electrons. The molecule has 0 aliphatic carbocycles. The maximum atomic E-state index is 11.9. The molecule has 1 rings (SSSR count). The Labute approximate surface area is 154 Å². The first-order chi connectivity index (χ1) is 10.8. The van der Waals surface area contributed by atoms with Gasteiger partial charge >= 0.3 is 6.09 Å². The van der Waals surface area contributed by atoms with Gasteiger partial charge in [0.25, 0.3) is 0 Å². The number of carbonyl (C=O) groups excluding carboxylic acids is 1. The molecule has 3 nitrogen and oxygen atoms in total. The minimum Gasteiger partial charge on any atom is -0.444 e. The summed E-state index contributed by atoms with van der Waals surface area (Å²) < 4.78 is 6.57. The highest BCUT2D eigenvalue weighted by Crippen LogP contribution is 2.23. The molecule has 1 aromatic carbocycles. The number of carbonyl (C=O) groups is 1. The number of ether oxygens (including phenoxy) is 1. The van der Waals surface area contributed by atoms with Crippen molar-refractivity contribution in [3.63, 3.8) is 0 Å². The molecular formula is C19H30INO2. The van der Waals surface area contributed by atoms with Crippen molar-refractivity contribution >= 4 is 28.7 Å². The van der Waals surface area contributed by atoms with E-state index in [-0.39, 0.29) is 6.09 Å². The lowest BCUT2D eigenvalue weighted by Crippen LogP contribution is -2.34. The monoisotopic (exact) mass is 431 g/mol. The van der Waals surface area contributed by atoms with Crippen LogP contribution in [0.2, 0.25) is 0 Å². The Morgan fingerprint density at radius 1 is 1.17 bits per heavy atom. The summed E-state index contributed by atoms with van der Waals surface area (Å²) in [6, 6.07) is 8.59. The summed E-state index contributed by atoms with van der Waals surface area (Å²) in [6.07, 6.45) is 5.73. The standard InChI is InChI=1S/C19H30INO2/c1-5-6-7-8-9-16(15-10-12-17(20)13-11-15)14-21-18(22)23-19(2,3)4/h10-13,16H,5-9,14H2,1-4H3,(H,21,22). The van der Waals surface area contributed by atoms with Gasteiger partial charge in [0, 0.05) is 16.0 Å². The zero-order valence-electron chi connectivity index (χ0n) is 14.8. The minimum atomic E-state index is -0.455. The van der Waals surface area contributed by atoms with E-state index in [0.29, 0.717) is 12.5 Å². The molecule has 0 aliphatic heterocycles. The van der Waals surface area contributed by atoms with Crippen LogP contribution >= 0.6 is 22.6 Å². The molecule has 0 fully saturated rings. The molecule has 1 unspecified atom stereocenters. The van der Waals surface area contributed by atoms with Crippen molar-refractivity contribution in [1.29, 1.82) is 0 Å². The molecule has 0 aromatic heterocycles. The highest BCUT2D eigenvalue weighted by molar-refractivity contribution is 14.1. The van der Waals surface area contributed by atoms with Crippen LogP contribution in [0.15, 0.2) is 24.3 Å². The van der Waals surface area contributed by atoms with Crippen LogP contribution in [0.3, 0.4) is 0 Å². The van der Waals surface area contributed by atoms with Crippen LogP contribution in [0.4, 0.5) is 4.79 Å². The summed E-state index contributed by atoms with van der Waals surface area (Å²) in [6.45, 7) is 8.50. The maximum absolute atomic E-state index is 11.9. The van der Waals surface area contributed by atoms with Crippen LogP contribution in [0.5, 0.6) is 0 Å². The summed E-state index contributed by atoms with van der Waals surface area (Å²) in [5.74, 6) is 0.344. The summed E-state index contributed by atoms with van der Waals surface area (Å²) in [5.41, 5.74) is 0.835. The van der Waals surface area contributed by atoms with Gasteiger partial charge in [0.05, 0.1) is 0 Å². The summed E-state index contributed by atoms with van der Waals surface area (Å²) in [4.78, 5) is 11.9. The Kier molecular flexibility index (Phi) is 8.95. The zero-order chi connectivity index (χ0) is 17.3. The molecule has 0 radical (unpaired) electrons. The molecular weight excluding hydrogens is 401 g/mol. The highest BCUT2D eigenvalue weighted by Gasteiger charge is 2.18. The Balaban J connectivity index is 2.60. The van der Waals surface area contributed by atoms with Crippen LogP contribution in [0, 0.1) is 3.57 Å². The average molecular weight is 431 g/mol. The van der Waals surface area contributed by atoms with Crippen LogP contribution in [-0.2, 0) is 4.74 Å². The van der Waals surface area contributed by atoms with Gasteiger partial charge < -0.3 is 10.1 Å². The van der Waals surface area contributed by atoms with Gasteiger partial charge in [-0.1, -0.05) is 44.7 Å². The van der Waals surface area contributed by atoms with Crippen molar-refractivity contribution in [2.45, 2.75) is 71.3 Å². The van der Waals surface area contributed by atoms with Gasteiger partial charge in [-0.2, -0.15) is 0 Å². The molecule has 0 heterocycles. The van der Waals surface area contributed by atoms with Crippen molar-refractivity contribution in [2.24, 2.45) is 0 Å². The SMILES string of the molecule is CCCCCCC(CNC(=O)OC(C)(C)C)c1ccc(I)cc1. The second-order valence-corrected chi connectivity index (χ2v) is 8.23. The number of hydrogen-bond acceptors (Lipinski definition) is 2. The lowest BCUT2D eigenvalue weighted by molar-refractivity contribution is 0.0524. The van der Waals surface area contributed by atoms with Gasteiger partial charge in [-0.15, -0.1) is 0 Å². The van der Waals surface area contributed by atoms with Gasteiger partial charge in [0.15, 0.2) is 0 Å². The number of halogens is 1. The van der Waals surface area contributed by atoms with E-state index in [2.05, 4.69) is 59.1 Å². The zero-order valence-corrected chi connectivity index (χ0v) is 17.0. The first kappa shape index (κ1) is 20.3. The minimum absolute atomic E-state index is 0.332. The van der Waals surface area contributed by atoms with Crippen molar-refractivity contribution in [3.05, 3.63) is 33.4 Å². The topological polar surface area (TPSA) is 38.3 Å². The van der Waals surface area contributed by atoms with E-state index in [0.717, 1.165) is 6.42 Å². The fourth-order valence-electron chi connectivity index (χ4n) is 2.46. The molecule has 1 N–H and O–H groups in total. The molecule has 1 aromatic rings. The van der Waals surface area contributed by atoms with Gasteiger partial charge in [-0.3, -0.25) is 0 Å². The van der Waals surface area contributed by atoms with Crippen molar-refractivity contribution in [3.8, 4) is 0 Å². The Morgan fingerprint density at radius 3 is 2.39 bits per heavy atom. The summed E-state index contributed by atoms with van der Waals surface area (Å²) in [5, 5.41) is 2.93. The fraction of sp³-hybridized carbons (Fsp3) is 0.632. The number of amides is 1. The first-order valence-corrected chi connectivity index (χ1v) is 9.62. The average Bonchev–Trinajstić information content (AvgIpc) is 2.46. The lowest BCUT2D eigenvalue weighted by Gasteiger charge is -2.22. The highest BCUT2D eigenvalue weighted by atomic mass is 127. The number of benzene rings is 1. The largest absolute Gasteiger partial charge is 0.444 e. The van der Waals surface area contributed by atoms with Crippen molar-refractivity contribution < 1.29 is 9.53 Å². The second kappa shape index (κ2) is 10.2. The molecule has 1 amide bonds. The van der Waals surface area contributed by atoms with E-state index in [9.17, 15) is 4.79 Å². The normalized spacial score (nSPS) is 12.7. The van der Waals surface area contributed by atoms with Crippen LogP contribution in [0.25, 0.3) is 0 Å². The number of unbranched alkanes of at least 4 members (excludes halogenated alkanes) is 3. The summed E-state index contributed by atoms with van der Waals surface area (Å²) in [7, 11) is 0. The molecule has 23 heavy (non-hydrogen) atoms. The van der Waals surface area contributed by atoms with Crippen molar-refractivity contribution in [2.75, 3.05) is 6.54 Å². The van der Waals surface area contributed by atoms with E-state index in [1.54, 1.807) is 0 Å². The Morgan fingerprint density at radius 2 is 1.83 bits per heavy atom. The second-order valence-electron chi connectivity index (χ2n) is 6.98. The van der Waals surface area contributed by atoms with Gasteiger partial charge in [-0.25, -0.2) is 4.79 Å². The number of rotatable bonds is 8. The molecule has 4 heteroatoms. The molecule has 0 spiro atoms. The van der Waals surface area contributed by atoms with Gasteiger partial charge in [0.2, 0.25) is 0 Å². The van der Waals surface area contributed by atoms with Crippen LogP contribution in [-0.4, -0.2) is 18.2 Å². The Hall–Kier alpha value is -0.780. The van der Waals surface area contributed by atoms with E-state index in [1.807, 2.05) is 20.8 Å². The van der Waals surface area contributed by atoms with E-state index in [4.69, 9.17) is 4.74 Å². The third-order valence-corrected chi connectivity index (χ3v) is 4.36. The molecule has 1 atom stereocenters. The van der Waals surface area contributed by atoms with E-state index < -0.39 is 5.60 Å². The third kappa shape index (κ3) is 9.18. The number of alkyl carbamates (subject to hydrolysis) is 1. The first-order valence-electron chi connectivity index (χ1n) is 8.54. The molecule has 0 saturated heterocycles. The molecule has 0 saturated carbocycles. The maximum Gasteiger partial charge on any atom is 0.407 e. The number of nitrogens with one attached hydrogen (secondary N) is 1. The fourth-order valence-corrected chi connectivity index (χ4v) is 2.82. The van der Waals surface area contributed by atoms with Gasteiger partial charge in [-0.05, 0) is 67.5 Å². The van der Waals surface area contributed by atoms with Crippen LogP contribution in [0.1, 0.15) is 71.3 Å². The number of hydrogen-bond donors (Lipinski definition) is 1. The van der Waals surface area contributed by atoms with Crippen molar-refractivity contribution in [1.82, 2.24) is 5.32 Å². The quantitative estimate of drug-likeness (QED) is 0.413. The smallest absolute Gasteiger partial charge is 0.407 e.